The molecule has 0 spiro atoms. The first-order chi connectivity index (χ1) is 11.1. The van der Waals surface area contributed by atoms with E-state index >= 15 is 0 Å². The summed E-state index contributed by atoms with van der Waals surface area (Å²) in [7, 11) is 0. The van der Waals surface area contributed by atoms with Crippen LogP contribution in [0.15, 0.2) is 41.5 Å². The molecule has 3 rings (SSSR count). The van der Waals surface area contributed by atoms with E-state index in [0.717, 1.165) is 18.5 Å². The van der Waals surface area contributed by atoms with Crippen LogP contribution in [0.25, 0.3) is 0 Å². The second-order valence-electron chi connectivity index (χ2n) is 5.85. The Morgan fingerprint density at radius 1 is 1.35 bits per heavy atom. The number of nitrogens with zero attached hydrogens (tertiary/aromatic N) is 2. The molecule has 1 fully saturated rings. The molecule has 1 heterocycles. The molecule has 1 atom stereocenters. The van der Waals surface area contributed by atoms with Crippen molar-refractivity contribution < 1.29 is 9.84 Å². The molecule has 23 heavy (non-hydrogen) atoms. The monoisotopic (exact) mass is 334 g/mol. The molecule has 1 aromatic heterocycles. The van der Waals surface area contributed by atoms with Crippen LogP contribution in [-0.4, -0.2) is 27.4 Å². The van der Waals surface area contributed by atoms with Crippen molar-refractivity contribution in [2.24, 2.45) is 0 Å². The summed E-state index contributed by atoms with van der Waals surface area (Å²) in [5.41, 5.74) is 0.733. The number of benzene rings is 1. The van der Waals surface area contributed by atoms with Gasteiger partial charge in [0, 0.05) is 17.0 Å². The first-order valence-electron chi connectivity index (χ1n) is 7.74. The first-order valence-corrected chi connectivity index (χ1v) is 8.12. The third-order valence-corrected chi connectivity index (χ3v) is 4.34. The lowest BCUT2D eigenvalue weighted by molar-refractivity contribution is 0.0912. The summed E-state index contributed by atoms with van der Waals surface area (Å²) >= 11 is 5.80. The summed E-state index contributed by atoms with van der Waals surface area (Å²) < 4.78 is 6.89. The maximum Gasteiger partial charge on any atom is 0.253 e. The fourth-order valence-electron chi connectivity index (χ4n) is 2.51. The molecule has 2 aromatic rings. The molecule has 1 aliphatic rings. The fourth-order valence-corrected chi connectivity index (χ4v) is 2.63. The average molecular weight is 335 g/mol. The van der Waals surface area contributed by atoms with Gasteiger partial charge in [0.05, 0.1) is 18.6 Å². The SMILES string of the molecule is O=c1cc(C2CCC2)ncn1CC(O)COc1ccc(Cl)cc1. The molecule has 122 valence electrons. The molecule has 1 saturated carbocycles. The normalized spacial score (nSPS) is 15.9. The lowest BCUT2D eigenvalue weighted by atomic mass is 9.83. The molecule has 1 N–H and O–H groups in total. The van der Waals surface area contributed by atoms with Gasteiger partial charge < -0.3 is 9.84 Å². The molecule has 5 nitrogen and oxygen atoms in total. The second-order valence-corrected chi connectivity index (χ2v) is 6.29. The summed E-state index contributed by atoms with van der Waals surface area (Å²) in [4.78, 5) is 16.4. The Kier molecular flexibility index (Phi) is 4.98. The highest BCUT2D eigenvalue weighted by atomic mass is 35.5. The highest BCUT2D eigenvalue weighted by molar-refractivity contribution is 6.30. The molecular formula is C17H19ClN2O3. The van der Waals surface area contributed by atoms with Gasteiger partial charge >= 0.3 is 0 Å². The molecule has 0 aliphatic heterocycles. The maximum absolute atomic E-state index is 12.1. The van der Waals surface area contributed by atoms with Crippen LogP contribution in [0.5, 0.6) is 5.75 Å². The Bertz CT molecular complexity index is 711. The molecule has 0 bridgehead atoms. The molecular weight excluding hydrogens is 316 g/mol. The van der Waals surface area contributed by atoms with Crippen molar-refractivity contribution in [3.63, 3.8) is 0 Å². The Balaban J connectivity index is 1.55. The Labute approximate surface area is 139 Å². The summed E-state index contributed by atoms with van der Waals surface area (Å²) in [6.45, 7) is 0.253. The predicted molar refractivity (Wildman–Crippen MR) is 88.0 cm³/mol. The number of aromatic nitrogens is 2. The van der Waals surface area contributed by atoms with Crippen LogP contribution in [0.3, 0.4) is 0 Å². The average Bonchev–Trinajstić information content (AvgIpc) is 2.48. The smallest absolute Gasteiger partial charge is 0.253 e. The third kappa shape index (κ3) is 4.12. The quantitative estimate of drug-likeness (QED) is 0.882. The van der Waals surface area contributed by atoms with Gasteiger partial charge in [-0.15, -0.1) is 0 Å². The Hall–Kier alpha value is -1.85. The summed E-state index contributed by atoms with van der Waals surface area (Å²) in [5.74, 6) is 1.05. The van der Waals surface area contributed by atoms with Gasteiger partial charge in [0.15, 0.2) is 0 Å². The van der Waals surface area contributed by atoms with Gasteiger partial charge in [-0.05, 0) is 37.1 Å². The van der Waals surface area contributed by atoms with E-state index in [2.05, 4.69) is 4.98 Å². The lowest BCUT2D eigenvalue weighted by Gasteiger charge is -2.24. The summed E-state index contributed by atoms with van der Waals surface area (Å²) in [6.07, 6.45) is 4.14. The number of halogens is 1. The van der Waals surface area contributed by atoms with Gasteiger partial charge in [0.2, 0.25) is 0 Å². The number of hydrogen-bond donors (Lipinski definition) is 1. The maximum atomic E-state index is 12.1. The number of hydrogen-bond acceptors (Lipinski definition) is 4. The predicted octanol–water partition coefficient (Wildman–Crippen LogP) is 2.60. The highest BCUT2D eigenvalue weighted by Gasteiger charge is 2.21. The van der Waals surface area contributed by atoms with Gasteiger partial charge in [-0.3, -0.25) is 9.36 Å². The van der Waals surface area contributed by atoms with E-state index in [1.54, 1.807) is 30.3 Å². The van der Waals surface area contributed by atoms with Crippen LogP contribution in [0.4, 0.5) is 0 Å². The molecule has 0 saturated heterocycles. The first kappa shape index (κ1) is 16.0. The van der Waals surface area contributed by atoms with Crippen molar-refractivity contribution in [1.82, 2.24) is 9.55 Å². The van der Waals surface area contributed by atoms with Crippen LogP contribution in [0.1, 0.15) is 30.9 Å². The van der Waals surface area contributed by atoms with Crippen LogP contribution in [0.2, 0.25) is 5.02 Å². The second kappa shape index (κ2) is 7.15. The molecule has 1 aliphatic carbocycles. The highest BCUT2D eigenvalue weighted by Crippen LogP contribution is 2.34. The van der Waals surface area contributed by atoms with E-state index in [1.165, 1.54) is 17.3 Å². The van der Waals surface area contributed by atoms with Gasteiger partial charge in [-0.1, -0.05) is 18.0 Å². The largest absolute Gasteiger partial charge is 0.491 e. The Morgan fingerprint density at radius 3 is 2.70 bits per heavy atom. The van der Waals surface area contributed by atoms with E-state index < -0.39 is 6.10 Å². The lowest BCUT2D eigenvalue weighted by Crippen LogP contribution is -2.31. The topological polar surface area (TPSA) is 64.4 Å². The van der Waals surface area contributed by atoms with E-state index in [-0.39, 0.29) is 18.7 Å². The number of rotatable bonds is 6. The Morgan fingerprint density at radius 2 is 2.09 bits per heavy atom. The van der Waals surface area contributed by atoms with Crippen LogP contribution >= 0.6 is 11.6 Å². The number of ether oxygens (including phenoxy) is 1. The number of aliphatic hydroxyl groups is 1. The third-order valence-electron chi connectivity index (χ3n) is 4.09. The van der Waals surface area contributed by atoms with Crippen molar-refractivity contribution in [2.75, 3.05) is 6.61 Å². The van der Waals surface area contributed by atoms with E-state index in [0.29, 0.717) is 16.7 Å². The molecule has 1 unspecified atom stereocenters. The van der Waals surface area contributed by atoms with Crippen LogP contribution < -0.4 is 10.3 Å². The minimum Gasteiger partial charge on any atom is -0.491 e. The van der Waals surface area contributed by atoms with Crippen molar-refractivity contribution in [1.29, 1.82) is 0 Å². The minimum atomic E-state index is -0.792. The van der Waals surface area contributed by atoms with Gasteiger partial charge in [-0.2, -0.15) is 0 Å². The van der Waals surface area contributed by atoms with Crippen molar-refractivity contribution in [3.8, 4) is 5.75 Å². The number of aliphatic hydroxyl groups excluding tert-OH is 1. The van der Waals surface area contributed by atoms with Gasteiger partial charge in [-0.25, -0.2) is 4.98 Å². The van der Waals surface area contributed by atoms with Crippen LogP contribution in [0, 0.1) is 0 Å². The summed E-state index contributed by atoms with van der Waals surface area (Å²) in [6, 6.07) is 8.48. The van der Waals surface area contributed by atoms with Crippen molar-refractivity contribution in [2.45, 2.75) is 37.8 Å². The van der Waals surface area contributed by atoms with Crippen molar-refractivity contribution in [3.05, 3.63) is 57.7 Å². The van der Waals surface area contributed by atoms with E-state index in [9.17, 15) is 9.90 Å². The zero-order valence-electron chi connectivity index (χ0n) is 12.7. The minimum absolute atomic E-state index is 0.0957. The summed E-state index contributed by atoms with van der Waals surface area (Å²) in [5, 5.41) is 10.7. The van der Waals surface area contributed by atoms with Crippen molar-refractivity contribution >= 4 is 11.6 Å². The molecule has 1 aromatic carbocycles. The van der Waals surface area contributed by atoms with E-state index in [4.69, 9.17) is 16.3 Å². The molecule has 6 heteroatoms. The van der Waals surface area contributed by atoms with Gasteiger partial charge in [0.25, 0.3) is 5.56 Å². The van der Waals surface area contributed by atoms with Crippen LogP contribution in [-0.2, 0) is 6.54 Å². The fraction of sp³-hybridized carbons (Fsp3) is 0.412. The standard InChI is InChI=1S/C17H19ClN2O3/c18-13-4-6-15(7-5-13)23-10-14(21)9-20-11-19-16(8-17(20)22)12-2-1-3-12/h4-8,11-12,14,21H,1-3,9-10H2. The zero-order chi connectivity index (χ0) is 16.2. The molecule has 0 radical (unpaired) electrons. The van der Waals surface area contributed by atoms with Gasteiger partial charge in [0.1, 0.15) is 18.5 Å². The van der Waals surface area contributed by atoms with E-state index in [1.807, 2.05) is 0 Å². The molecule has 0 amide bonds. The zero-order valence-corrected chi connectivity index (χ0v) is 13.4.